The number of likely N-dealkylation sites (N-methyl/N-ethyl adjacent to an activating group) is 1. The van der Waals surface area contributed by atoms with Crippen LogP contribution in [-0.2, 0) is 0 Å². The number of rotatable bonds is 4. The van der Waals surface area contributed by atoms with Gasteiger partial charge in [0.05, 0.1) is 0 Å². The lowest BCUT2D eigenvalue weighted by Crippen LogP contribution is -2.51. The molecule has 0 bridgehead atoms. The molecule has 0 aromatic rings. The van der Waals surface area contributed by atoms with Crippen LogP contribution in [0.25, 0.3) is 0 Å². The maximum atomic E-state index is 3.69. The van der Waals surface area contributed by atoms with Gasteiger partial charge in [-0.3, -0.25) is 0 Å². The zero-order valence-corrected chi connectivity index (χ0v) is 11.0. The van der Waals surface area contributed by atoms with Crippen LogP contribution in [0.5, 0.6) is 0 Å². The molecule has 0 spiro atoms. The van der Waals surface area contributed by atoms with Gasteiger partial charge < -0.3 is 15.1 Å². The number of hydrogen-bond acceptors (Lipinski definition) is 3. The monoisotopic (exact) mass is 213 g/mol. The lowest BCUT2D eigenvalue weighted by Gasteiger charge is -2.40. The summed E-state index contributed by atoms with van der Waals surface area (Å²) in [6.07, 6.45) is 1.28. The van der Waals surface area contributed by atoms with E-state index in [4.69, 9.17) is 0 Å². The number of nitrogens with one attached hydrogen (secondary N) is 1. The highest BCUT2D eigenvalue weighted by atomic mass is 15.2. The van der Waals surface area contributed by atoms with Gasteiger partial charge in [0.25, 0.3) is 0 Å². The first kappa shape index (κ1) is 12.9. The molecule has 0 aromatic heterocycles. The fraction of sp³-hybridized carbons (Fsp3) is 1.00. The predicted molar refractivity (Wildman–Crippen MR) is 66.2 cm³/mol. The first-order chi connectivity index (χ1) is 7.00. The smallest absolute Gasteiger partial charge is 0.0120 e. The van der Waals surface area contributed by atoms with E-state index in [1.807, 2.05) is 0 Å². The molecule has 0 unspecified atom stereocenters. The van der Waals surface area contributed by atoms with Gasteiger partial charge >= 0.3 is 0 Å². The third-order valence-corrected chi connectivity index (χ3v) is 3.58. The largest absolute Gasteiger partial charge is 0.312 e. The van der Waals surface area contributed by atoms with Crippen molar-refractivity contribution in [2.75, 3.05) is 40.8 Å². The van der Waals surface area contributed by atoms with Crippen LogP contribution >= 0.6 is 0 Å². The molecule has 1 heterocycles. The van der Waals surface area contributed by atoms with E-state index >= 15 is 0 Å². The summed E-state index contributed by atoms with van der Waals surface area (Å²) in [6, 6.07) is 1.43. The zero-order chi connectivity index (χ0) is 11.4. The molecule has 0 amide bonds. The Kier molecular flexibility index (Phi) is 5.03. The Labute approximate surface area is 94.8 Å². The molecule has 1 rings (SSSR count). The van der Waals surface area contributed by atoms with E-state index in [-0.39, 0.29) is 0 Å². The summed E-state index contributed by atoms with van der Waals surface area (Å²) in [4.78, 5) is 4.70. The minimum atomic E-state index is 0.705. The topological polar surface area (TPSA) is 18.5 Å². The van der Waals surface area contributed by atoms with E-state index in [2.05, 4.69) is 50.1 Å². The van der Waals surface area contributed by atoms with Crippen molar-refractivity contribution in [3.63, 3.8) is 0 Å². The van der Waals surface area contributed by atoms with Crippen LogP contribution in [0.4, 0.5) is 0 Å². The second kappa shape index (κ2) is 5.83. The molecule has 1 aliphatic heterocycles. The Morgan fingerprint density at radius 2 is 2.00 bits per heavy atom. The van der Waals surface area contributed by atoms with Crippen molar-refractivity contribution in [1.29, 1.82) is 0 Å². The summed E-state index contributed by atoms with van der Waals surface area (Å²) < 4.78 is 0. The highest BCUT2D eigenvalue weighted by Crippen LogP contribution is 2.20. The molecule has 0 saturated carbocycles. The average molecular weight is 213 g/mol. The number of likely N-dealkylation sites (tertiary alicyclic amines) is 1. The van der Waals surface area contributed by atoms with E-state index in [0.717, 1.165) is 25.0 Å². The predicted octanol–water partition coefficient (Wildman–Crippen LogP) is 0.866. The van der Waals surface area contributed by atoms with E-state index in [9.17, 15) is 0 Å². The van der Waals surface area contributed by atoms with Gasteiger partial charge in [0, 0.05) is 31.7 Å². The van der Waals surface area contributed by atoms with Gasteiger partial charge in [-0.1, -0.05) is 6.92 Å². The minimum Gasteiger partial charge on any atom is -0.312 e. The molecule has 3 heteroatoms. The Morgan fingerprint density at radius 1 is 1.33 bits per heavy atom. The van der Waals surface area contributed by atoms with Gasteiger partial charge in [0.2, 0.25) is 0 Å². The van der Waals surface area contributed by atoms with E-state index in [1.54, 1.807) is 0 Å². The van der Waals surface area contributed by atoms with E-state index < -0.39 is 0 Å². The van der Waals surface area contributed by atoms with Gasteiger partial charge in [-0.25, -0.2) is 0 Å². The standard InChI is InChI=1S/C12H27N3/c1-10-9-15(5)11(2)8-12(10)13-6-7-14(3)4/h10-13H,6-9H2,1-5H3/t10-,11-,12+/m1/s1. The van der Waals surface area contributed by atoms with Crippen molar-refractivity contribution >= 4 is 0 Å². The van der Waals surface area contributed by atoms with Crippen LogP contribution in [0.15, 0.2) is 0 Å². The van der Waals surface area contributed by atoms with Crippen molar-refractivity contribution in [3.05, 3.63) is 0 Å². The second-order valence-corrected chi connectivity index (χ2v) is 5.37. The van der Waals surface area contributed by atoms with Gasteiger partial charge in [0.15, 0.2) is 0 Å². The fourth-order valence-corrected chi connectivity index (χ4v) is 2.30. The van der Waals surface area contributed by atoms with Crippen LogP contribution in [0.2, 0.25) is 0 Å². The summed E-state index contributed by atoms with van der Waals surface area (Å²) in [7, 11) is 6.49. The van der Waals surface area contributed by atoms with Crippen LogP contribution in [-0.4, -0.2) is 62.7 Å². The Bertz CT molecular complexity index is 182. The second-order valence-electron chi connectivity index (χ2n) is 5.37. The van der Waals surface area contributed by atoms with Crippen LogP contribution in [0.3, 0.4) is 0 Å². The third kappa shape index (κ3) is 4.09. The molecule has 3 nitrogen and oxygen atoms in total. The molecule has 1 fully saturated rings. The SMILES string of the molecule is C[C@@H]1CN(C)[C@H](C)C[C@@H]1NCCN(C)C. The minimum absolute atomic E-state index is 0.705. The number of hydrogen-bond donors (Lipinski definition) is 1. The average Bonchev–Trinajstić information content (AvgIpc) is 2.13. The van der Waals surface area contributed by atoms with Crippen molar-refractivity contribution < 1.29 is 0 Å². The summed E-state index contributed by atoms with van der Waals surface area (Å²) >= 11 is 0. The van der Waals surface area contributed by atoms with Crippen LogP contribution in [0, 0.1) is 5.92 Å². The normalized spacial score (nSPS) is 33.6. The molecule has 1 aliphatic rings. The molecule has 1 saturated heterocycles. The quantitative estimate of drug-likeness (QED) is 0.747. The molecule has 15 heavy (non-hydrogen) atoms. The molecule has 0 aromatic carbocycles. The summed E-state index contributed by atoms with van der Waals surface area (Å²) in [5, 5.41) is 3.69. The van der Waals surface area contributed by atoms with E-state index in [0.29, 0.717) is 6.04 Å². The summed E-state index contributed by atoms with van der Waals surface area (Å²) in [6.45, 7) is 8.15. The third-order valence-electron chi connectivity index (χ3n) is 3.58. The fourth-order valence-electron chi connectivity index (χ4n) is 2.30. The Balaban J connectivity index is 2.28. The van der Waals surface area contributed by atoms with Crippen LogP contribution in [0.1, 0.15) is 20.3 Å². The maximum Gasteiger partial charge on any atom is 0.0120 e. The van der Waals surface area contributed by atoms with Gasteiger partial charge in [-0.05, 0) is 40.4 Å². The molecule has 0 aliphatic carbocycles. The molecule has 3 atom stereocenters. The first-order valence-corrected chi connectivity index (χ1v) is 6.09. The molecule has 0 radical (unpaired) electrons. The van der Waals surface area contributed by atoms with Gasteiger partial charge in [0.1, 0.15) is 0 Å². The zero-order valence-electron chi connectivity index (χ0n) is 11.0. The molecule has 90 valence electrons. The molecule has 1 N–H and O–H groups in total. The van der Waals surface area contributed by atoms with Crippen molar-refractivity contribution in [2.45, 2.75) is 32.4 Å². The molecular formula is C12H27N3. The highest BCUT2D eigenvalue weighted by Gasteiger charge is 2.28. The van der Waals surface area contributed by atoms with Crippen molar-refractivity contribution in [2.24, 2.45) is 5.92 Å². The lowest BCUT2D eigenvalue weighted by molar-refractivity contribution is 0.121. The van der Waals surface area contributed by atoms with Gasteiger partial charge in [-0.2, -0.15) is 0 Å². The Hall–Kier alpha value is -0.120. The van der Waals surface area contributed by atoms with Crippen molar-refractivity contribution in [1.82, 2.24) is 15.1 Å². The molecular weight excluding hydrogens is 186 g/mol. The summed E-state index contributed by atoms with van der Waals surface area (Å²) in [5.74, 6) is 0.772. The van der Waals surface area contributed by atoms with Crippen LogP contribution < -0.4 is 5.32 Å². The maximum absolute atomic E-state index is 3.69. The summed E-state index contributed by atoms with van der Waals surface area (Å²) in [5.41, 5.74) is 0. The highest BCUT2D eigenvalue weighted by molar-refractivity contribution is 4.86. The van der Waals surface area contributed by atoms with Gasteiger partial charge in [-0.15, -0.1) is 0 Å². The first-order valence-electron chi connectivity index (χ1n) is 6.09. The number of piperidine rings is 1. The lowest BCUT2D eigenvalue weighted by atomic mass is 9.90. The number of nitrogens with zero attached hydrogens (tertiary/aromatic N) is 2. The Morgan fingerprint density at radius 3 is 2.60 bits per heavy atom. The van der Waals surface area contributed by atoms with Crippen molar-refractivity contribution in [3.8, 4) is 0 Å². The van der Waals surface area contributed by atoms with E-state index in [1.165, 1.54) is 13.0 Å².